The molecule has 3 atom stereocenters. The molecular formula is C14H17N7. The first kappa shape index (κ1) is 11.4. The van der Waals surface area contributed by atoms with Gasteiger partial charge in [-0.2, -0.15) is 0 Å². The molecular weight excluding hydrogens is 266 g/mol. The summed E-state index contributed by atoms with van der Waals surface area (Å²) in [6.07, 6.45) is 15.0. The highest BCUT2D eigenvalue weighted by atomic mass is 15.5. The first-order valence-electron chi connectivity index (χ1n) is 7.57. The first-order valence-corrected chi connectivity index (χ1v) is 7.57. The molecule has 0 aromatic carbocycles. The van der Waals surface area contributed by atoms with Crippen molar-refractivity contribution >= 4 is 11.6 Å². The van der Waals surface area contributed by atoms with Crippen LogP contribution in [-0.2, 0) is 0 Å². The minimum absolute atomic E-state index is 0.304. The van der Waals surface area contributed by atoms with E-state index >= 15 is 0 Å². The molecule has 0 amide bonds. The van der Waals surface area contributed by atoms with E-state index in [1.807, 2.05) is 29.6 Å². The van der Waals surface area contributed by atoms with Gasteiger partial charge in [-0.15, -0.1) is 5.10 Å². The van der Waals surface area contributed by atoms with Gasteiger partial charge in [0.25, 0.3) is 0 Å². The predicted octanol–water partition coefficient (Wildman–Crippen LogP) is 1.41. The molecule has 7 heteroatoms. The highest BCUT2D eigenvalue weighted by Gasteiger charge is 2.45. The zero-order chi connectivity index (χ0) is 13.8. The molecule has 3 unspecified atom stereocenters. The van der Waals surface area contributed by atoms with Gasteiger partial charge in [-0.1, -0.05) is 18.1 Å². The zero-order valence-electron chi connectivity index (χ0n) is 11.6. The second-order valence-corrected chi connectivity index (χ2v) is 6.01. The first-order chi connectivity index (χ1) is 10.4. The van der Waals surface area contributed by atoms with Crippen molar-refractivity contribution in [2.75, 3.05) is 4.90 Å². The van der Waals surface area contributed by atoms with Crippen LogP contribution in [0.2, 0.25) is 0 Å². The molecule has 4 heterocycles. The van der Waals surface area contributed by atoms with Crippen LogP contribution in [0, 0.1) is 5.92 Å². The van der Waals surface area contributed by atoms with E-state index in [2.05, 4.69) is 30.1 Å². The summed E-state index contributed by atoms with van der Waals surface area (Å²) >= 11 is 0. The highest BCUT2D eigenvalue weighted by Crippen LogP contribution is 2.46. The molecule has 7 nitrogen and oxygen atoms in total. The molecule has 2 aromatic rings. The minimum Gasteiger partial charge on any atom is -0.367 e. The summed E-state index contributed by atoms with van der Waals surface area (Å²) in [7, 11) is 0. The van der Waals surface area contributed by atoms with Crippen molar-refractivity contribution < 1.29 is 0 Å². The Morgan fingerprint density at radius 1 is 1.24 bits per heavy atom. The SMILES string of the molecule is C1=C(n2ccnn2)N2c3cncn3C3CCCCC3C2N1. The maximum absolute atomic E-state index is 4.39. The van der Waals surface area contributed by atoms with Crippen LogP contribution in [0.1, 0.15) is 31.7 Å². The molecule has 2 aromatic heterocycles. The van der Waals surface area contributed by atoms with Crippen LogP contribution >= 0.6 is 0 Å². The zero-order valence-corrected chi connectivity index (χ0v) is 11.6. The molecule has 1 fully saturated rings. The van der Waals surface area contributed by atoms with Gasteiger partial charge in [0.15, 0.2) is 5.82 Å². The molecule has 108 valence electrons. The van der Waals surface area contributed by atoms with E-state index in [0.717, 1.165) is 11.6 Å². The third-order valence-corrected chi connectivity index (χ3v) is 5.00. The summed E-state index contributed by atoms with van der Waals surface area (Å²) in [6.45, 7) is 0. The van der Waals surface area contributed by atoms with Gasteiger partial charge < -0.3 is 9.88 Å². The van der Waals surface area contributed by atoms with Crippen molar-refractivity contribution in [1.29, 1.82) is 0 Å². The fraction of sp³-hybridized carbons (Fsp3) is 0.500. The lowest BCUT2D eigenvalue weighted by Crippen LogP contribution is -2.52. The molecule has 1 N–H and O–H groups in total. The topological polar surface area (TPSA) is 63.8 Å². The summed E-state index contributed by atoms with van der Waals surface area (Å²) < 4.78 is 4.16. The molecule has 1 saturated carbocycles. The van der Waals surface area contributed by atoms with E-state index in [4.69, 9.17) is 0 Å². The summed E-state index contributed by atoms with van der Waals surface area (Å²) in [6, 6.07) is 0.563. The normalized spacial score (nSPS) is 30.2. The number of imidazole rings is 1. The van der Waals surface area contributed by atoms with Crippen LogP contribution in [0.25, 0.3) is 5.82 Å². The van der Waals surface area contributed by atoms with E-state index in [-0.39, 0.29) is 0 Å². The number of nitrogens with zero attached hydrogens (tertiary/aromatic N) is 6. The number of rotatable bonds is 1. The summed E-state index contributed by atoms with van der Waals surface area (Å²) in [5.41, 5.74) is 0. The average molecular weight is 283 g/mol. The third kappa shape index (κ3) is 1.46. The van der Waals surface area contributed by atoms with Crippen LogP contribution in [0.5, 0.6) is 0 Å². The van der Waals surface area contributed by atoms with Gasteiger partial charge in [0.1, 0.15) is 12.0 Å². The van der Waals surface area contributed by atoms with Crippen molar-refractivity contribution in [2.45, 2.75) is 37.9 Å². The molecule has 0 radical (unpaired) electrons. The molecule has 5 rings (SSSR count). The number of nitrogens with one attached hydrogen (secondary N) is 1. The van der Waals surface area contributed by atoms with E-state index in [0.29, 0.717) is 18.1 Å². The van der Waals surface area contributed by atoms with Gasteiger partial charge in [0.05, 0.1) is 24.9 Å². The molecule has 0 bridgehead atoms. The lowest BCUT2D eigenvalue weighted by Gasteiger charge is -2.46. The van der Waals surface area contributed by atoms with E-state index in [9.17, 15) is 0 Å². The number of fused-ring (bicyclic) bond motifs is 6. The number of hydrogen-bond donors (Lipinski definition) is 1. The van der Waals surface area contributed by atoms with Gasteiger partial charge in [-0.3, -0.25) is 4.90 Å². The lowest BCUT2D eigenvalue weighted by atomic mass is 9.80. The van der Waals surface area contributed by atoms with Gasteiger partial charge in [-0.05, 0) is 12.8 Å². The Hall–Kier alpha value is -2.31. The van der Waals surface area contributed by atoms with Gasteiger partial charge in [0.2, 0.25) is 0 Å². The quantitative estimate of drug-likeness (QED) is 0.857. The average Bonchev–Trinajstić information content (AvgIpc) is 3.25. The van der Waals surface area contributed by atoms with E-state index in [1.54, 1.807) is 6.20 Å². The monoisotopic (exact) mass is 283 g/mol. The summed E-state index contributed by atoms with van der Waals surface area (Å²) in [5, 5.41) is 11.6. The Balaban J connectivity index is 1.63. The summed E-state index contributed by atoms with van der Waals surface area (Å²) in [4.78, 5) is 6.71. The Labute approximate surface area is 122 Å². The van der Waals surface area contributed by atoms with Crippen molar-refractivity contribution in [3.05, 3.63) is 31.1 Å². The molecule has 0 spiro atoms. The summed E-state index contributed by atoms with van der Waals surface area (Å²) in [5.74, 6) is 2.77. The third-order valence-electron chi connectivity index (χ3n) is 5.00. The second-order valence-electron chi connectivity index (χ2n) is 6.01. The van der Waals surface area contributed by atoms with Crippen molar-refractivity contribution in [2.24, 2.45) is 5.92 Å². The molecule has 0 saturated heterocycles. The standard InChI is InChI=1S/C14H17N7/c1-2-4-11-10(3-1)14-16-8-13(20-6-5-17-18-20)21(14)12-7-15-9-19(11)12/h5-11,14,16H,1-4H2. The fourth-order valence-electron chi connectivity index (χ4n) is 4.12. The minimum atomic E-state index is 0.304. The molecule has 3 aliphatic rings. The van der Waals surface area contributed by atoms with Crippen molar-refractivity contribution in [1.82, 2.24) is 29.9 Å². The Kier molecular flexibility index (Phi) is 2.22. The lowest BCUT2D eigenvalue weighted by molar-refractivity contribution is 0.179. The molecule has 1 aliphatic carbocycles. The Morgan fingerprint density at radius 3 is 3.10 bits per heavy atom. The van der Waals surface area contributed by atoms with E-state index in [1.165, 1.54) is 25.7 Å². The van der Waals surface area contributed by atoms with Crippen LogP contribution in [0.4, 0.5) is 5.82 Å². The second kappa shape index (κ2) is 4.09. The number of anilines is 1. The smallest absolute Gasteiger partial charge is 0.155 e. The Morgan fingerprint density at radius 2 is 2.19 bits per heavy atom. The van der Waals surface area contributed by atoms with Crippen LogP contribution < -0.4 is 10.2 Å². The van der Waals surface area contributed by atoms with E-state index < -0.39 is 0 Å². The van der Waals surface area contributed by atoms with Gasteiger partial charge in [-0.25, -0.2) is 9.67 Å². The van der Waals surface area contributed by atoms with Crippen molar-refractivity contribution in [3.8, 4) is 0 Å². The van der Waals surface area contributed by atoms with Crippen molar-refractivity contribution in [3.63, 3.8) is 0 Å². The van der Waals surface area contributed by atoms with Gasteiger partial charge in [0, 0.05) is 18.2 Å². The van der Waals surface area contributed by atoms with Crippen LogP contribution in [0.3, 0.4) is 0 Å². The number of hydrogen-bond acceptors (Lipinski definition) is 5. The maximum Gasteiger partial charge on any atom is 0.155 e. The predicted molar refractivity (Wildman–Crippen MR) is 76.9 cm³/mol. The number of aromatic nitrogens is 5. The van der Waals surface area contributed by atoms with Crippen LogP contribution in [-0.4, -0.2) is 30.7 Å². The Bertz CT molecular complexity index is 686. The molecule has 2 aliphatic heterocycles. The van der Waals surface area contributed by atoms with Crippen LogP contribution in [0.15, 0.2) is 31.1 Å². The van der Waals surface area contributed by atoms with Gasteiger partial charge >= 0.3 is 0 Å². The fourth-order valence-corrected chi connectivity index (χ4v) is 4.12. The highest BCUT2D eigenvalue weighted by molar-refractivity contribution is 5.69. The largest absolute Gasteiger partial charge is 0.367 e. The maximum atomic E-state index is 4.39. The molecule has 21 heavy (non-hydrogen) atoms.